The number of rotatable bonds is 11. The maximum atomic E-state index is 13.4. The van der Waals surface area contributed by atoms with Crippen molar-refractivity contribution in [3.63, 3.8) is 0 Å². The van der Waals surface area contributed by atoms with Gasteiger partial charge in [0.25, 0.3) is 0 Å². The largest absolute Gasteiger partial charge is 0.497 e. The molecule has 0 aliphatic rings. The SMILES string of the molecule is CNS(=O)c1sc(NC(C)=O)nc1C.COc1cc(Nc2ncc(-c3cnc(OC)c(C=O)c3)c(-n3nc(C(F)(F)F)cc3C)n2)cc(OC)c1. The number of aryl methyl sites for hydroxylation is 2. The van der Waals surface area contributed by atoms with Crippen molar-refractivity contribution in [3.8, 4) is 34.3 Å². The van der Waals surface area contributed by atoms with Crippen LogP contribution >= 0.6 is 11.3 Å². The Hall–Kier alpha value is -5.47. The van der Waals surface area contributed by atoms with Crippen molar-refractivity contribution in [2.24, 2.45) is 0 Å². The third-order valence-corrected chi connectivity index (χ3v) is 9.23. The van der Waals surface area contributed by atoms with Gasteiger partial charge in [0, 0.05) is 60.0 Å². The maximum absolute atomic E-state index is 13.4. The zero-order valence-electron chi connectivity index (χ0n) is 28.2. The molecule has 15 nitrogen and oxygen atoms in total. The lowest BCUT2D eigenvalue weighted by Gasteiger charge is -2.14. The van der Waals surface area contributed by atoms with Gasteiger partial charge in [0.15, 0.2) is 22.9 Å². The molecule has 0 aliphatic heterocycles. The van der Waals surface area contributed by atoms with Crippen molar-refractivity contribution >= 4 is 51.3 Å². The van der Waals surface area contributed by atoms with Gasteiger partial charge in [-0.05, 0) is 33.0 Å². The second-order valence-corrected chi connectivity index (χ2v) is 12.8. The molecule has 270 valence electrons. The van der Waals surface area contributed by atoms with Crippen LogP contribution in [0.3, 0.4) is 0 Å². The Morgan fingerprint density at radius 2 is 1.67 bits per heavy atom. The molecular formula is C31H32F3N9O6S2. The first-order valence-electron chi connectivity index (χ1n) is 14.6. The minimum absolute atomic E-state index is 0.0316. The molecule has 4 heterocycles. The molecule has 0 aliphatic carbocycles. The molecule has 3 N–H and O–H groups in total. The average molecular weight is 748 g/mol. The van der Waals surface area contributed by atoms with Crippen molar-refractivity contribution in [1.82, 2.24) is 34.4 Å². The topological polar surface area (TPSA) is 184 Å². The summed E-state index contributed by atoms with van der Waals surface area (Å²) in [7, 11) is 4.72. The van der Waals surface area contributed by atoms with Crippen LogP contribution in [0, 0.1) is 13.8 Å². The number of ether oxygens (including phenoxy) is 3. The summed E-state index contributed by atoms with van der Waals surface area (Å²) in [5, 5.41) is 9.77. The van der Waals surface area contributed by atoms with Crippen LogP contribution in [0.1, 0.15) is 34.4 Å². The summed E-state index contributed by atoms with van der Waals surface area (Å²) >= 11 is 1.21. The van der Waals surface area contributed by atoms with Gasteiger partial charge in [-0.3, -0.25) is 9.59 Å². The quantitative estimate of drug-likeness (QED) is 0.149. The van der Waals surface area contributed by atoms with Crippen LogP contribution in [0.4, 0.5) is 29.9 Å². The van der Waals surface area contributed by atoms with Gasteiger partial charge >= 0.3 is 6.18 Å². The van der Waals surface area contributed by atoms with Crippen molar-refractivity contribution in [2.75, 3.05) is 39.0 Å². The molecule has 0 bridgehead atoms. The first kappa shape index (κ1) is 38.3. The number of thiazole rings is 1. The maximum Gasteiger partial charge on any atom is 0.435 e. The van der Waals surface area contributed by atoms with Gasteiger partial charge in [-0.15, -0.1) is 0 Å². The molecule has 20 heteroatoms. The van der Waals surface area contributed by atoms with Crippen LogP contribution < -0.4 is 29.6 Å². The molecule has 1 aromatic carbocycles. The molecule has 1 unspecified atom stereocenters. The van der Waals surface area contributed by atoms with Crippen LogP contribution in [0.15, 0.2) is 46.9 Å². The molecule has 0 saturated heterocycles. The van der Waals surface area contributed by atoms with E-state index in [1.54, 1.807) is 32.2 Å². The van der Waals surface area contributed by atoms with Crippen molar-refractivity contribution < 1.29 is 41.2 Å². The number of halogens is 3. The number of nitrogens with zero attached hydrogens (tertiary/aromatic N) is 6. The summed E-state index contributed by atoms with van der Waals surface area (Å²) < 4.78 is 71.5. The van der Waals surface area contributed by atoms with Crippen LogP contribution in [0.25, 0.3) is 16.9 Å². The normalized spacial score (nSPS) is 11.6. The summed E-state index contributed by atoms with van der Waals surface area (Å²) in [6.45, 7) is 4.63. The lowest BCUT2D eigenvalue weighted by atomic mass is 10.1. The Morgan fingerprint density at radius 1 is 0.980 bits per heavy atom. The summed E-state index contributed by atoms with van der Waals surface area (Å²) in [5.41, 5.74) is 1.08. The number of hydrogen-bond donors (Lipinski definition) is 3. The van der Waals surface area contributed by atoms with Crippen molar-refractivity contribution in [3.05, 3.63) is 65.4 Å². The molecular weight excluding hydrogens is 716 g/mol. The number of aromatic nitrogens is 6. The van der Waals surface area contributed by atoms with Gasteiger partial charge in [-0.2, -0.15) is 23.3 Å². The first-order chi connectivity index (χ1) is 24.2. The first-order valence-corrected chi connectivity index (χ1v) is 16.5. The highest BCUT2D eigenvalue weighted by Crippen LogP contribution is 2.34. The van der Waals surface area contributed by atoms with Gasteiger partial charge < -0.3 is 24.8 Å². The van der Waals surface area contributed by atoms with Gasteiger partial charge in [0.1, 0.15) is 26.7 Å². The number of methoxy groups -OCH3 is 3. The number of hydrogen-bond acceptors (Lipinski definition) is 13. The fourth-order valence-electron chi connectivity index (χ4n) is 4.36. The molecule has 1 amide bonds. The second-order valence-electron chi connectivity index (χ2n) is 10.2. The van der Waals surface area contributed by atoms with Crippen LogP contribution in [-0.2, 0) is 22.0 Å². The summed E-state index contributed by atoms with van der Waals surface area (Å²) in [6, 6.07) is 7.40. The zero-order chi connectivity index (χ0) is 37.5. The molecule has 4 aromatic heterocycles. The number of aldehydes is 1. The van der Waals surface area contributed by atoms with Gasteiger partial charge in [0.2, 0.25) is 17.7 Å². The molecule has 5 aromatic rings. The predicted molar refractivity (Wildman–Crippen MR) is 184 cm³/mol. The number of amides is 1. The number of pyridine rings is 1. The smallest absolute Gasteiger partial charge is 0.435 e. The number of nitrogens with one attached hydrogen (secondary N) is 3. The fourth-order valence-corrected chi connectivity index (χ4v) is 6.39. The Balaban J connectivity index is 0.000000349. The van der Waals surface area contributed by atoms with E-state index in [9.17, 15) is 27.0 Å². The Labute approximate surface area is 296 Å². The fraction of sp³-hybridized carbons (Fsp3) is 0.258. The average Bonchev–Trinajstić information content (AvgIpc) is 3.68. The highest BCUT2D eigenvalue weighted by atomic mass is 32.2. The highest BCUT2D eigenvalue weighted by Gasteiger charge is 2.35. The van der Waals surface area contributed by atoms with Crippen LogP contribution in [0.5, 0.6) is 17.4 Å². The van der Waals surface area contributed by atoms with Crippen LogP contribution in [-0.4, -0.2) is 74.5 Å². The number of alkyl halides is 3. The molecule has 51 heavy (non-hydrogen) atoms. The number of anilines is 3. The number of carbonyl (C=O) groups is 2. The minimum Gasteiger partial charge on any atom is -0.497 e. The third kappa shape index (κ3) is 9.41. The summed E-state index contributed by atoms with van der Waals surface area (Å²) in [5.74, 6) is 1.02. The molecule has 5 rings (SSSR count). The lowest BCUT2D eigenvalue weighted by molar-refractivity contribution is -0.141. The van der Waals surface area contributed by atoms with E-state index in [1.165, 1.54) is 65.0 Å². The van der Waals surface area contributed by atoms with Crippen LogP contribution in [0.2, 0.25) is 0 Å². The van der Waals surface area contributed by atoms with E-state index < -0.39 is 22.9 Å². The second kappa shape index (κ2) is 16.5. The van der Waals surface area contributed by atoms with Crippen molar-refractivity contribution in [2.45, 2.75) is 31.2 Å². The predicted octanol–water partition coefficient (Wildman–Crippen LogP) is 5.29. The molecule has 0 fully saturated rings. The standard InChI is InChI=1S/C24H21F3N6O4.C7H11N3O2S2/c1-13-5-20(24(25,26)27)32-33(13)21-19(14-6-15(12-34)22(37-4)28-10-14)11-29-23(31-21)30-16-7-17(35-2)9-18(8-16)36-3;1-4-6(14(12)8-3)13-7(9-4)10-5(2)11/h5-12H,1-4H3,(H,29,30,31);8H,1-3H3,(H,9,10,11). The van der Waals surface area contributed by atoms with E-state index in [4.69, 9.17) is 14.2 Å². The lowest BCUT2D eigenvalue weighted by Crippen LogP contribution is -2.11. The van der Waals surface area contributed by atoms with Gasteiger partial charge in [-0.1, -0.05) is 11.3 Å². The van der Waals surface area contributed by atoms with E-state index in [0.717, 1.165) is 10.7 Å². The molecule has 0 radical (unpaired) electrons. The van der Waals surface area contributed by atoms with E-state index in [1.807, 2.05) is 0 Å². The number of carbonyl (C=O) groups excluding carboxylic acids is 2. The Kier molecular flexibility index (Phi) is 12.4. The zero-order valence-corrected chi connectivity index (χ0v) is 29.8. The third-order valence-electron chi connectivity index (χ3n) is 6.66. The van der Waals surface area contributed by atoms with Gasteiger partial charge in [0.05, 0.1) is 32.6 Å². The summed E-state index contributed by atoms with van der Waals surface area (Å²) in [6.07, 6.45) is -1.30. The Bertz CT molecular complexity index is 2050. The van der Waals surface area contributed by atoms with E-state index in [0.29, 0.717) is 44.1 Å². The minimum atomic E-state index is -4.66. The Morgan fingerprint density at radius 3 is 2.22 bits per heavy atom. The molecule has 0 spiro atoms. The molecule has 1 atom stereocenters. The van der Waals surface area contributed by atoms with E-state index >= 15 is 0 Å². The van der Waals surface area contributed by atoms with Crippen molar-refractivity contribution in [1.29, 1.82) is 0 Å². The highest BCUT2D eigenvalue weighted by molar-refractivity contribution is 7.85. The monoisotopic (exact) mass is 747 g/mol. The van der Waals surface area contributed by atoms with E-state index in [2.05, 4.69) is 40.4 Å². The summed E-state index contributed by atoms with van der Waals surface area (Å²) in [4.78, 5) is 39.2. The van der Waals surface area contributed by atoms with Gasteiger partial charge in [-0.25, -0.2) is 28.6 Å². The van der Waals surface area contributed by atoms with E-state index in [-0.39, 0.29) is 40.4 Å². The molecule has 0 saturated carbocycles. The number of benzene rings is 1.